The summed E-state index contributed by atoms with van der Waals surface area (Å²) in [7, 11) is 0. The smallest absolute Gasteiger partial charge is 0.127 e. The van der Waals surface area contributed by atoms with E-state index < -0.39 is 0 Å². The summed E-state index contributed by atoms with van der Waals surface area (Å²) in [5.41, 5.74) is 2.09. The Labute approximate surface area is 123 Å². The van der Waals surface area contributed by atoms with Gasteiger partial charge in [-0.3, -0.25) is 5.10 Å². The van der Waals surface area contributed by atoms with E-state index in [1.54, 1.807) is 6.20 Å². The van der Waals surface area contributed by atoms with Crippen molar-refractivity contribution in [3.63, 3.8) is 0 Å². The second kappa shape index (κ2) is 6.13. The Bertz CT molecular complexity index is 663. The van der Waals surface area contributed by atoms with Gasteiger partial charge in [0.25, 0.3) is 0 Å². The number of benzene rings is 2. The van der Waals surface area contributed by atoms with Gasteiger partial charge in [-0.05, 0) is 49.4 Å². The van der Waals surface area contributed by atoms with Crippen LogP contribution in [-0.2, 0) is 0 Å². The maximum atomic E-state index is 5.77. The van der Waals surface area contributed by atoms with Crippen LogP contribution in [0.25, 0.3) is 0 Å². The molecule has 0 spiro atoms. The Morgan fingerprint density at radius 3 is 2.33 bits per heavy atom. The normalized spacial score (nSPS) is 11.9. The first-order valence-electron chi connectivity index (χ1n) is 6.90. The average Bonchev–Trinajstić information content (AvgIpc) is 3.05. The molecule has 3 rings (SSSR count). The lowest BCUT2D eigenvalue weighted by Gasteiger charge is -2.14. The fourth-order valence-corrected chi connectivity index (χ4v) is 2.08. The Morgan fingerprint density at radius 1 is 0.952 bits per heavy atom. The summed E-state index contributed by atoms with van der Waals surface area (Å²) in [6, 6.07) is 19.8. The zero-order valence-corrected chi connectivity index (χ0v) is 11.8. The molecule has 0 bridgehead atoms. The van der Waals surface area contributed by atoms with Crippen molar-refractivity contribution >= 4 is 5.69 Å². The summed E-state index contributed by atoms with van der Waals surface area (Å²) in [6.45, 7) is 2.09. The number of rotatable bonds is 5. The number of nitrogens with one attached hydrogen (secondary N) is 2. The van der Waals surface area contributed by atoms with Gasteiger partial charge in [0.2, 0.25) is 0 Å². The van der Waals surface area contributed by atoms with Crippen LogP contribution in [0.15, 0.2) is 66.9 Å². The number of aromatic amines is 1. The van der Waals surface area contributed by atoms with Crippen LogP contribution in [-0.4, -0.2) is 10.2 Å². The highest BCUT2D eigenvalue weighted by Gasteiger charge is 2.06. The van der Waals surface area contributed by atoms with E-state index in [1.165, 1.54) is 0 Å². The molecule has 0 aliphatic heterocycles. The van der Waals surface area contributed by atoms with Crippen LogP contribution >= 0.6 is 0 Å². The Balaban J connectivity index is 1.64. The fraction of sp³-hybridized carbons (Fsp3) is 0.118. The first-order valence-corrected chi connectivity index (χ1v) is 6.90. The largest absolute Gasteiger partial charge is 0.457 e. The van der Waals surface area contributed by atoms with E-state index in [1.807, 2.05) is 60.7 Å². The molecule has 106 valence electrons. The number of hydrogen-bond acceptors (Lipinski definition) is 3. The molecular weight excluding hydrogens is 262 g/mol. The molecule has 1 heterocycles. The second-order valence-electron chi connectivity index (χ2n) is 4.82. The van der Waals surface area contributed by atoms with Gasteiger partial charge in [0.1, 0.15) is 11.5 Å². The van der Waals surface area contributed by atoms with Crippen molar-refractivity contribution < 1.29 is 4.74 Å². The highest BCUT2D eigenvalue weighted by molar-refractivity contribution is 5.48. The Kier molecular flexibility index (Phi) is 3.87. The van der Waals surface area contributed by atoms with E-state index in [-0.39, 0.29) is 6.04 Å². The lowest BCUT2D eigenvalue weighted by atomic mass is 10.2. The third-order valence-corrected chi connectivity index (χ3v) is 3.21. The van der Waals surface area contributed by atoms with Gasteiger partial charge >= 0.3 is 0 Å². The summed E-state index contributed by atoms with van der Waals surface area (Å²) in [4.78, 5) is 0. The van der Waals surface area contributed by atoms with Gasteiger partial charge < -0.3 is 10.1 Å². The van der Waals surface area contributed by atoms with Crippen molar-refractivity contribution in [2.75, 3.05) is 5.32 Å². The van der Waals surface area contributed by atoms with Gasteiger partial charge in [0, 0.05) is 11.9 Å². The van der Waals surface area contributed by atoms with Crippen LogP contribution in [0.4, 0.5) is 5.69 Å². The average molecular weight is 279 g/mol. The molecule has 2 aromatic carbocycles. The highest BCUT2D eigenvalue weighted by Crippen LogP contribution is 2.24. The molecule has 3 aromatic rings. The van der Waals surface area contributed by atoms with Gasteiger partial charge in [-0.15, -0.1) is 0 Å². The molecule has 0 amide bonds. The number of nitrogens with zero attached hydrogens (tertiary/aromatic N) is 1. The SMILES string of the molecule is CC(Nc1ccc(Oc2ccccc2)cc1)c1ccn[nH]1. The number of aromatic nitrogens is 2. The first kappa shape index (κ1) is 13.2. The van der Waals surface area contributed by atoms with Crippen LogP contribution in [0.1, 0.15) is 18.7 Å². The van der Waals surface area contributed by atoms with E-state index in [9.17, 15) is 0 Å². The van der Waals surface area contributed by atoms with Gasteiger partial charge in [0.15, 0.2) is 0 Å². The summed E-state index contributed by atoms with van der Waals surface area (Å²) in [5, 5.41) is 10.3. The van der Waals surface area contributed by atoms with Crippen molar-refractivity contribution in [3.05, 3.63) is 72.6 Å². The molecule has 0 saturated carbocycles. The van der Waals surface area contributed by atoms with E-state index in [2.05, 4.69) is 22.4 Å². The summed E-state index contributed by atoms with van der Waals surface area (Å²) < 4.78 is 5.77. The molecule has 0 aliphatic carbocycles. The zero-order valence-electron chi connectivity index (χ0n) is 11.8. The van der Waals surface area contributed by atoms with Crippen molar-refractivity contribution in [3.8, 4) is 11.5 Å². The minimum atomic E-state index is 0.174. The lowest BCUT2D eigenvalue weighted by Crippen LogP contribution is -2.06. The van der Waals surface area contributed by atoms with E-state index in [4.69, 9.17) is 4.74 Å². The fourth-order valence-electron chi connectivity index (χ4n) is 2.08. The van der Waals surface area contributed by atoms with Crippen LogP contribution in [0.5, 0.6) is 11.5 Å². The molecule has 2 N–H and O–H groups in total. The number of H-pyrrole nitrogens is 1. The van der Waals surface area contributed by atoms with Gasteiger partial charge in [-0.2, -0.15) is 5.10 Å². The maximum Gasteiger partial charge on any atom is 0.127 e. The monoisotopic (exact) mass is 279 g/mol. The molecule has 4 heteroatoms. The maximum absolute atomic E-state index is 5.77. The van der Waals surface area contributed by atoms with Gasteiger partial charge in [-0.1, -0.05) is 18.2 Å². The van der Waals surface area contributed by atoms with Crippen LogP contribution in [0.2, 0.25) is 0 Å². The molecule has 0 aliphatic rings. The summed E-state index contributed by atoms with van der Waals surface area (Å²) >= 11 is 0. The number of para-hydroxylation sites is 1. The summed E-state index contributed by atoms with van der Waals surface area (Å²) in [5.74, 6) is 1.66. The molecule has 1 aromatic heterocycles. The van der Waals surface area contributed by atoms with Crippen LogP contribution in [0, 0.1) is 0 Å². The van der Waals surface area contributed by atoms with Crippen LogP contribution < -0.4 is 10.1 Å². The third-order valence-electron chi connectivity index (χ3n) is 3.21. The van der Waals surface area contributed by atoms with Crippen molar-refractivity contribution in [2.24, 2.45) is 0 Å². The minimum absolute atomic E-state index is 0.174. The minimum Gasteiger partial charge on any atom is -0.457 e. The predicted molar refractivity (Wildman–Crippen MR) is 83.6 cm³/mol. The topological polar surface area (TPSA) is 49.9 Å². The number of hydrogen-bond donors (Lipinski definition) is 2. The quantitative estimate of drug-likeness (QED) is 0.729. The highest BCUT2D eigenvalue weighted by atomic mass is 16.5. The first-order chi connectivity index (χ1) is 10.3. The zero-order chi connectivity index (χ0) is 14.5. The molecule has 0 fully saturated rings. The van der Waals surface area contributed by atoms with Crippen LogP contribution in [0.3, 0.4) is 0 Å². The lowest BCUT2D eigenvalue weighted by molar-refractivity contribution is 0.483. The van der Waals surface area contributed by atoms with Crippen molar-refractivity contribution in [1.29, 1.82) is 0 Å². The Hall–Kier alpha value is -2.75. The molecular formula is C17H17N3O. The predicted octanol–water partition coefficient (Wildman–Crippen LogP) is 4.38. The van der Waals surface area contributed by atoms with E-state index in [0.29, 0.717) is 0 Å². The van der Waals surface area contributed by atoms with Crippen molar-refractivity contribution in [2.45, 2.75) is 13.0 Å². The molecule has 1 unspecified atom stereocenters. The van der Waals surface area contributed by atoms with Crippen molar-refractivity contribution in [1.82, 2.24) is 10.2 Å². The van der Waals surface area contributed by atoms with E-state index in [0.717, 1.165) is 22.9 Å². The molecule has 0 radical (unpaired) electrons. The van der Waals surface area contributed by atoms with Gasteiger partial charge in [-0.25, -0.2) is 0 Å². The van der Waals surface area contributed by atoms with E-state index >= 15 is 0 Å². The Morgan fingerprint density at radius 2 is 1.67 bits per heavy atom. The number of ether oxygens (including phenoxy) is 1. The standard InChI is InChI=1S/C17H17N3O/c1-13(17-11-12-18-20-17)19-14-7-9-16(10-8-14)21-15-5-3-2-4-6-15/h2-13,19H,1H3,(H,18,20). The van der Waals surface area contributed by atoms with Gasteiger partial charge in [0.05, 0.1) is 11.7 Å². The summed E-state index contributed by atoms with van der Waals surface area (Å²) in [6.07, 6.45) is 1.75. The second-order valence-corrected chi connectivity index (χ2v) is 4.82. The molecule has 0 saturated heterocycles. The molecule has 21 heavy (non-hydrogen) atoms. The number of anilines is 1. The third kappa shape index (κ3) is 3.42. The molecule has 4 nitrogen and oxygen atoms in total. The molecule has 1 atom stereocenters.